The number of nitrogens with zero attached hydrogens (tertiary/aromatic N) is 1. The molecule has 1 aromatic rings. The molecule has 1 rings (SSSR count). The molecule has 0 saturated carbocycles. The van der Waals surface area contributed by atoms with Crippen molar-refractivity contribution in [3.8, 4) is 17.6 Å². The van der Waals surface area contributed by atoms with Crippen LogP contribution < -0.4 is 9.47 Å². The molecule has 4 nitrogen and oxygen atoms in total. The van der Waals surface area contributed by atoms with Crippen LogP contribution in [0.4, 0.5) is 0 Å². The van der Waals surface area contributed by atoms with Crippen LogP contribution >= 0.6 is 0 Å². The minimum absolute atomic E-state index is 0.185. The van der Waals surface area contributed by atoms with Crippen LogP contribution in [0.1, 0.15) is 11.1 Å². The van der Waals surface area contributed by atoms with Crippen LogP contribution in [0.5, 0.6) is 11.5 Å². The molecule has 74 valence electrons. The van der Waals surface area contributed by atoms with Gasteiger partial charge in [0.25, 0.3) is 0 Å². The molecule has 0 amide bonds. The van der Waals surface area contributed by atoms with E-state index >= 15 is 0 Å². The van der Waals surface area contributed by atoms with Gasteiger partial charge in [-0.25, -0.2) is 0 Å². The lowest BCUT2D eigenvalue weighted by atomic mass is 10.1. The first-order valence-corrected chi connectivity index (χ1v) is 4.02. The van der Waals surface area contributed by atoms with Crippen molar-refractivity contribution in [2.24, 2.45) is 0 Å². The van der Waals surface area contributed by atoms with Gasteiger partial charge >= 0.3 is 0 Å². The largest absolute Gasteiger partial charge is 0.493 e. The number of aliphatic hydroxyl groups excluding tert-OH is 1. The van der Waals surface area contributed by atoms with Gasteiger partial charge < -0.3 is 14.6 Å². The highest BCUT2D eigenvalue weighted by atomic mass is 16.5. The first-order chi connectivity index (χ1) is 6.76. The van der Waals surface area contributed by atoms with Crippen molar-refractivity contribution in [2.45, 2.75) is 6.61 Å². The maximum atomic E-state index is 9.04. The van der Waals surface area contributed by atoms with Gasteiger partial charge in [-0.05, 0) is 6.07 Å². The predicted molar refractivity (Wildman–Crippen MR) is 50.2 cm³/mol. The van der Waals surface area contributed by atoms with E-state index in [0.29, 0.717) is 22.6 Å². The summed E-state index contributed by atoms with van der Waals surface area (Å²) in [6, 6.07) is 5.12. The molecule has 0 aliphatic heterocycles. The third kappa shape index (κ3) is 1.78. The molecule has 4 heteroatoms. The molecule has 0 atom stereocenters. The van der Waals surface area contributed by atoms with E-state index in [1.807, 2.05) is 6.07 Å². The third-order valence-corrected chi connectivity index (χ3v) is 1.86. The molecule has 0 aromatic heterocycles. The first-order valence-electron chi connectivity index (χ1n) is 4.02. The number of methoxy groups -OCH3 is 2. The topological polar surface area (TPSA) is 62.5 Å². The second-order valence-electron chi connectivity index (χ2n) is 2.64. The molecule has 0 saturated heterocycles. The van der Waals surface area contributed by atoms with Gasteiger partial charge in [0.2, 0.25) is 0 Å². The summed E-state index contributed by atoms with van der Waals surface area (Å²) in [7, 11) is 2.98. The summed E-state index contributed by atoms with van der Waals surface area (Å²) < 4.78 is 10.1. The average molecular weight is 193 g/mol. The van der Waals surface area contributed by atoms with Gasteiger partial charge in [0.05, 0.1) is 32.5 Å². The lowest BCUT2D eigenvalue weighted by Crippen LogP contribution is -1.97. The Labute approximate surface area is 82.3 Å². The highest BCUT2D eigenvalue weighted by Gasteiger charge is 2.11. The number of rotatable bonds is 3. The predicted octanol–water partition coefficient (Wildman–Crippen LogP) is 1.07. The van der Waals surface area contributed by atoms with Gasteiger partial charge in [0.15, 0.2) is 11.5 Å². The van der Waals surface area contributed by atoms with Crippen molar-refractivity contribution in [3.63, 3.8) is 0 Å². The number of hydrogen-bond donors (Lipinski definition) is 1. The van der Waals surface area contributed by atoms with E-state index in [0.717, 1.165) is 0 Å². The first kappa shape index (κ1) is 10.4. The summed E-state index contributed by atoms with van der Waals surface area (Å²) >= 11 is 0. The quantitative estimate of drug-likeness (QED) is 0.779. The highest BCUT2D eigenvalue weighted by molar-refractivity contribution is 5.52. The Balaban J connectivity index is 3.33. The van der Waals surface area contributed by atoms with E-state index in [2.05, 4.69) is 0 Å². The number of ether oxygens (including phenoxy) is 2. The minimum Gasteiger partial charge on any atom is -0.493 e. The fraction of sp³-hybridized carbons (Fsp3) is 0.300. The Bertz CT molecular complexity index is 343. The van der Waals surface area contributed by atoms with E-state index in [4.69, 9.17) is 19.8 Å². The van der Waals surface area contributed by atoms with Crippen molar-refractivity contribution in [1.82, 2.24) is 0 Å². The summed E-state index contributed by atoms with van der Waals surface area (Å²) in [5.74, 6) is 0.921. The fourth-order valence-corrected chi connectivity index (χ4v) is 1.23. The van der Waals surface area contributed by atoms with Gasteiger partial charge in [0.1, 0.15) is 0 Å². The molecule has 1 N–H and O–H groups in total. The Morgan fingerprint density at radius 3 is 2.50 bits per heavy atom. The Morgan fingerprint density at radius 2 is 2.07 bits per heavy atom. The van der Waals surface area contributed by atoms with Crippen LogP contribution in [0, 0.1) is 11.3 Å². The summed E-state index contributed by atoms with van der Waals surface area (Å²) in [5, 5.41) is 17.8. The van der Waals surface area contributed by atoms with Crippen LogP contribution in [0.25, 0.3) is 0 Å². The Morgan fingerprint density at radius 1 is 1.36 bits per heavy atom. The molecular formula is C10H11NO3. The van der Waals surface area contributed by atoms with Crippen LogP contribution in [0.2, 0.25) is 0 Å². The highest BCUT2D eigenvalue weighted by Crippen LogP contribution is 2.32. The van der Waals surface area contributed by atoms with Gasteiger partial charge in [-0.3, -0.25) is 0 Å². The zero-order valence-corrected chi connectivity index (χ0v) is 8.07. The molecule has 0 bridgehead atoms. The molecule has 0 heterocycles. The van der Waals surface area contributed by atoms with Gasteiger partial charge in [-0.15, -0.1) is 0 Å². The summed E-state index contributed by atoms with van der Waals surface area (Å²) in [6.07, 6.45) is 0. The SMILES string of the molecule is COc1cc(C#N)cc(CO)c1OC. The molecule has 0 fully saturated rings. The molecule has 0 aliphatic rings. The molecule has 0 unspecified atom stereocenters. The van der Waals surface area contributed by atoms with Crippen LogP contribution in [0.3, 0.4) is 0 Å². The maximum Gasteiger partial charge on any atom is 0.166 e. The molecule has 1 aromatic carbocycles. The Hall–Kier alpha value is -1.73. The number of nitriles is 1. The molecular weight excluding hydrogens is 182 g/mol. The monoisotopic (exact) mass is 193 g/mol. The van der Waals surface area contributed by atoms with E-state index in [-0.39, 0.29) is 6.61 Å². The van der Waals surface area contributed by atoms with Crippen molar-refractivity contribution >= 4 is 0 Å². The van der Waals surface area contributed by atoms with Crippen LogP contribution in [0.15, 0.2) is 12.1 Å². The lowest BCUT2D eigenvalue weighted by molar-refractivity contribution is 0.270. The van der Waals surface area contributed by atoms with Gasteiger partial charge in [-0.1, -0.05) is 0 Å². The molecule has 0 radical (unpaired) electrons. The number of benzene rings is 1. The molecule has 0 spiro atoms. The van der Waals surface area contributed by atoms with E-state index < -0.39 is 0 Å². The van der Waals surface area contributed by atoms with E-state index in [1.54, 1.807) is 12.1 Å². The van der Waals surface area contributed by atoms with Crippen molar-refractivity contribution in [2.75, 3.05) is 14.2 Å². The third-order valence-electron chi connectivity index (χ3n) is 1.86. The smallest absolute Gasteiger partial charge is 0.166 e. The molecule has 0 aliphatic carbocycles. The summed E-state index contributed by atoms with van der Waals surface area (Å²) in [5.41, 5.74) is 0.982. The zero-order valence-electron chi connectivity index (χ0n) is 8.07. The summed E-state index contributed by atoms with van der Waals surface area (Å²) in [6.45, 7) is -0.185. The average Bonchev–Trinajstić information content (AvgIpc) is 2.26. The molecule has 14 heavy (non-hydrogen) atoms. The fourth-order valence-electron chi connectivity index (χ4n) is 1.23. The van der Waals surface area contributed by atoms with E-state index in [1.165, 1.54) is 14.2 Å². The Kier molecular flexibility index (Phi) is 3.32. The lowest BCUT2D eigenvalue weighted by Gasteiger charge is -2.11. The minimum atomic E-state index is -0.185. The van der Waals surface area contributed by atoms with E-state index in [9.17, 15) is 0 Å². The van der Waals surface area contributed by atoms with Crippen LogP contribution in [-0.4, -0.2) is 19.3 Å². The zero-order chi connectivity index (χ0) is 10.6. The standard InChI is InChI=1S/C10H11NO3/c1-13-9-4-7(5-11)3-8(6-12)10(9)14-2/h3-4,12H,6H2,1-2H3. The second kappa shape index (κ2) is 4.49. The second-order valence-corrected chi connectivity index (χ2v) is 2.64. The van der Waals surface area contributed by atoms with Crippen molar-refractivity contribution < 1.29 is 14.6 Å². The normalized spacial score (nSPS) is 9.29. The van der Waals surface area contributed by atoms with Gasteiger partial charge in [0, 0.05) is 11.6 Å². The summed E-state index contributed by atoms with van der Waals surface area (Å²) in [4.78, 5) is 0. The maximum absolute atomic E-state index is 9.04. The number of aliphatic hydroxyl groups is 1. The van der Waals surface area contributed by atoms with Crippen LogP contribution in [-0.2, 0) is 6.61 Å². The van der Waals surface area contributed by atoms with Crippen molar-refractivity contribution in [1.29, 1.82) is 5.26 Å². The number of hydrogen-bond acceptors (Lipinski definition) is 4. The van der Waals surface area contributed by atoms with Crippen molar-refractivity contribution in [3.05, 3.63) is 23.3 Å². The van der Waals surface area contributed by atoms with Gasteiger partial charge in [-0.2, -0.15) is 5.26 Å².